The number of nitrogens with one attached hydrogen (secondary N) is 2. The fourth-order valence-corrected chi connectivity index (χ4v) is 4.64. The average Bonchev–Trinajstić information content (AvgIpc) is 3.45. The molecule has 0 saturated carbocycles. The summed E-state index contributed by atoms with van der Waals surface area (Å²) in [5, 5.41) is 8.73. The molecule has 3 heterocycles. The number of H-pyrrole nitrogens is 2. The number of anilines is 1. The third-order valence-corrected chi connectivity index (χ3v) is 6.76. The lowest BCUT2D eigenvalue weighted by molar-refractivity contribution is 0.128. The smallest absolute Gasteiger partial charge is 0.245 e. The average molecular weight is 465 g/mol. The van der Waals surface area contributed by atoms with Gasteiger partial charge in [-0.3, -0.25) is 15.0 Å². The van der Waals surface area contributed by atoms with Gasteiger partial charge in [-0.15, -0.1) is 5.10 Å². The molecule has 1 aromatic carbocycles. The fraction of sp³-hybridized carbons (Fsp3) is 0.577. The Morgan fingerprint density at radius 3 is 2.56 bits per heavy atom. The molecule has 1 saturated heterocycles. The van der Waals surface area contributed by atoms with E-state index in [-0.39, 0.29) is 11.6 Å². The maximum atomic E-state index is 6.45. The summed E-state index contributed by atoms with van der Waals surface area (Å²) in [6, 6.07) is 8.50. The van der Waals surface area contributed by atoms with Crippen LogP contribution in [0.3, 0.4) is 0 Å². The Balaban J connectivity index is 1.47. The SMILES string of the molecule is CC(C)CCC(Cc1c[nH]c2ccccc12)N=C(N)c1nc(N2CCN(C(C)(C)C)CC2)n[nH]1. The van der Waals surface area contributed by atoms with Gasteiger partial charge in [0.05, 0.1) is 6.04 Å². The Morgan fingerprint density at radius 2 is 1.85 bits per heavy atom. The zero-order valence-electron chi connectivity index (χ0n) is 21.3. The maximum absolute atomic E-state index is 6.45. The number of fused-ring (bicyclic) bond motifs is 1. The van der Waals surface area contributed by atoms with Gasteiger partial charge in [0.25, 0.3) is 0 Å². The molecule has 0 spiro atoms. The molecule has 1 fully saturated rings. The monoisotopic (exact) mass is 464 g/mol. The van der Waals surface area contributed by atoms with Crippen molar-refractivity contribution in [3.8, 4) is 0 Å². The Bertz CT molecular complexity index is 1100. The molecule has 8 heteroatoms. The summed E-state index contributed by atoms with van der Waals surface area (Å²) < 4.78 is 0. The van der Waals surface area contributed by atoms with E-state index in [0.717, 1.165) is 51.0 Å². The van der Waals surface area contributed by atoms with Crippen LogP contribution in [0.1, 0.15) is 58.8 Å². The van der Waals surface area contributed by atoms with Gasteiger partial charge in [0.2, 0.25) is 5.95 Å². The zero-order valence-corrected chi connectivity index (χ0v) is 21.3. The van der Waals surface area contributed by atoms with E-state index in [9.17, 15) is 0 Å². The van der Waals surface area contributed by atoms with Crippen molar-refractivity contribution >= 4 is 22.7 Å². The number of para-hydroxylation sites is 1. The van der Waals surface area contributed by atoms with Crippen LogP contribution in [0.4, 0.5) is 5.95 Å². The Kier molecular flexibility index (Phi) is 7.26. The summed E-state index contributed by atoms with van der Waals surface area (Å²) in [5.74, 6) is 2.31. The van der Waals surface area contributed by atoms with Crippen molar-refractivity contribution in [3.63, 3.8) is 0 Å². The van der Waals surface area contributed by atoms with Crippen LogP contribution in [-0.4, -0.2) is 68.7 Å². The highest BCUT2D eigenvalue weighted by atomic mass is 15.4. The number of aromatic nitrogens is 4. The van der Waals surface area contributed by atoms with Gasteiger partial charge in [-0.2, -0.15) is 4.98 Å². The van der Waals surface area contributed by atoms with Crippen LogP contribution in [0, 0.1) is 5.92 Å². The predicted octanol–water partition coefficient (Wildman–Crippen LogP) is 3.96. The molecule has 0 aliphatic carbocycles. The second kappa shape index (κ2) is 10.2. The standard InChI is InChI=1S/C26H40N8/c1-18(2)10-11-20(16-19-17-28-22-9-7-6-8-21(19)22)29-23(27)24-30-25(32-31-24)33-12-14-34(15-13-33)26(3,4)5/h6-9,17-18,20,28H,10-16H2,1-5H3,(H2,27,29)(H,30,31,32). The molecular formula is C26H40N8. The first-order valence-electron chi connectivity index (χ1n) is 12.5. The summed E-state index contributed by atoms with van der Waals surface area (Å²) >= 11 is 0. The lowest BCUT2D eigenvalue weighted by atomic mass is 9.98. The highest BCUT2D eigenvalue weighted by Crippen LogP contribution is 2.23. The second-order valence-corrected chi connectivity index (χ2v) is 10.8. The van der Waals surface area contributed by atoms with Crippen molar-refractivity contribution in [3.05, 3.63) is 41.9 Å². The van der Waals surface area contributed by atoms with Crippen LogP contribution in [-0.2, 0) is 6.42 Å². The first-order chi connectivity index (χ1) is 16.2. The van der Waals surface area contributed by atoms with Crippen LogP contribution in [0.15, 0.2) is 35.5 Å². The second-order valence-electron chi connectivity index (χ2n) is 10.8. The molecule has 1 aliphatic rings. The highest BCUT2D eigenvalue weighted by Gasteiger charge is 2.27. The number of aromatic amines is 2. The lowest BCUT2D eigenvalue weighted by Gasteiger charge is -2.41. The molecule has 4 rings (SSSR count). The van der Waals surface area contributed by atoms with E-state index in [4.69, 9.17) is 15.7 Å². The molecular weight excluding hydrogens is 424 g/mol. The molecule has 1 unspecified atom stereocenters. The summed E-state index contributed by atoms with van der Waals surface area (Å²) in [6.45, 7) is 15.1. The highest BCUT2D eigenvalue weighted by molar-refractivity contribution is 5.94. The van der Waals surface area contributed by atoms with E-state index in [1.807, 2.05) is 0 Å². The van der Waals surface area contributed by atoms with Crippen LogP contribution >= 0.6 is 0 Å². The molecule has 0 bridgehead atoms. The molecule has 184 valence electrons. The van der Waals surface area contributed by atoms with Crippen molar-refractivity contribution in [1.82, 2.24) is 25.1 Å². The van der Waals surface area contributed by atoms with E-state index in [2.05, 4.69) is 90.1 Å². The summed E-state index contributed by atoms with van der Waals surface area (Å²) in [6.07, 6.45) is 5.02. The number of rotatable bonds is 8. The van der Waals surface area contributed by atoms with Gasteiger partial charge < -0.3 is 15.6 Å². The minimum Gasteiger partial charge on any atom is -0.381 e. The number of aliphatic imine (C=N–C) groups is 1. The van der Waals surface area contributed by atoms with Crippen molar-refractivity contribution in [2.75, 3.05) is 31.1 Å². The Labute approximate surface area is 203 Å². The molecule has 0 amide bonds. The van der Waals surface area contributed by atoms with Gasteiger partial charge in [-0.05, 0) is 57.6 Å². The minimum absolute atomic E-state index is 0.0884. The molecule has 8 nitrogen and oxygen atoms in total. The summed E-state index contributed by atoms with van der Waals surface area (Å²) in [5.41, 5.74) is 9.06. The van der Waals surface area contributed by atoms with Crippen molar-refractivity contribution < 1.29 is 0 Å². The number of nitrogens with two attached hydrogens (primary N) is 1. The number of nitrogens with zero attached hydrogens (tertiary/aromatic N) is 5. The van der Waals surface area contributed by atoms with Crippen molar-refractivity contribution in [1.29, 1.82) is 0 Å². The quantitative estimate of drug-likeness (QED) is 0.346. The zero-order chi connectivity index (χ0) is 24.3. The minimum atomic E-state index is 0.0884. The van der Waals surface area contributed by atoms with E-state index in [1.54, 1.807) is 0 Å². The number of amidine groups is 1. The molecule has 2 aromatic heterocycles. The third-order valence-electron chi connectivity index (χ3n) is 6.76. The van der Waals surface area contributed by atoms with Gasteiger partial charge in [0.1, 0.15) is 0 Å². The number of hydrogen-bond donors (Lipinski definition) is 3. The maximum Gasteiger partial charge on any atom is 0.245 e. The van der Waals surface area contributed by atoms with Gasteiger partial charge in [0.15, 0.2) is 11.7 Å². The molecule has 1 atom stereocenters. The first kappa shape index (κ1) is 24.3. The van der Waals surface area contributed by atoms with Gasteiger partial charge in [-0.1, -0.05) is 32.0 Å². The third kappa shape index (κ3) is 5.78. The van der Waals surface area contributed by atoms with E-state index in [0.29, 0.717) is 23.5 Å². The number of piperazine rings is 1. The van der Waals surface area contributed by atoms with E-state index >= 15 is 0 Å². The summed E-state index contributed by atoms with van der Waals surface area (Å²) in [4.78, 5) is 17.7. The molecule has 3 aromatic rings. The van der Waals surface area contributed by atoms with Crippen LogP contribution < -0.4 is 10.6 Å². The Morgan fingerprint density at radius 1 is 1.12 bits per heavy atom. The fourth-order valence-electron chi connectivity index (χ4n) is 4.64. The first-order valence-corrected chi connectivity index (χ1v) is 12.5. The normalized spacial score (nSPS) is 17.1. The predicted molar refractivity (Wildman–Crippen MR) is 141 cm³/mol. The van der Waals surface area contributed by atoms with Crippen molar-refractivity contribution in [2.24, 2.45) is 16.6 Å². The van der Waals surface area contributed by atoms with Gasteiger partial charge in [-0.25, -0.2) is 0 Å². The number of benzene rings is 1. The van der Waals surface area contributed by atoms with E-state index in [1.165, 1.54) is 10.9 Å². The van der Waals surface area contributed by atoms with E-state index < -0.39 is 0 Å². The van der Waals surface area contributed by atoms with Crippen LogP contribution in [0.5, 0.6) is 0 Å². The molecule has 1 aliphatic heterocycles. The topological polar surface area (TPSA) is 102 Å². The van der Waals surface area contributed by atoms with Crippen molar-refractivity contribution in [2.45, 2.75) is 65.5 Å². The Hall–Kier alpha value is -2.87. The molecule has 0 radical (unpaired) electrons. The largest absolute Gasteiger partial charge is 0.381 e. The van der Waals surface area contributed by atoms with Crippen LogP contribution in [0.2, 0.25) is 0 Å². The number of hydrogen-bond acceptors (Lipinski definition) is 5. The van der Waals surface area contributed by atoms with Gasteiger partial charge in [0, 0.05) is 48.8 Å². The lowest BCUT2D eigenvalue weighted by Crippen LogP contribution is -2.53. The molecule has 34 heavy (non-hydrogen) atoms. The van der Waals surface area contributed by atoms with Gasteiger partial charge >= 0.3 is 0 Å². The van der Waals surface area contributed by atoms with Crippen LogP contribution in [0.25, 0.3) is 10.9 Å². The summed E-state index contributed by atoms with van der Waals surface area (Å²) in [7, 11) is 0. The molecule has 4 N–H and O–H groups in total.